The largest absolute Gasteiger partial charge is 0.391 e. The molecule has 1 aliphatic rings. The SMILES string of the molecule is Cc1cc(C[C@@H]2CN(C(=O)CN)C[C@@H]2O)on1. The van der Waals surface area contributed by atoms with E-state index in [0.29, 0.717) is 19.5 Å². The second kappa shape index (κ2) is 4.85. The number of amides is 1. The van der Waals surface area contributed by atoms with E-state index in [9.17, 15) is 9.90 Å². The van der Waals surface area contributed by atoms with E-state index >= 15 is 0 Å². The van der Waals surface area contributed by atoms with Crippen molar-refractivity contribution in [1.29, 1.82) is 0 Å². The van der Waals surface area contributed by atoms with Crippen LogP contribution in [0.25, 0.3) is 0 Å². The molecule has 1 fully saturated rings. The van der Waals surface area contributed by atoms with E-state index in [1.165, 1.54) is 0 Å². The maximum absolute atomic E-state index is 11.4. The quantitative estimate of drug-likeness (QED) is 0.728. The molecule has 6 heteroatoms. The van der Waals surface area contributed by atoms with Gasteiger partial charge in [-0.3, -0.25) is 4.79 Å². The second-order valence-electron chi connectivity index (χ2n) is 4.47. The third-order valence-electron chi connectivity index (χ3n) is 3.07. The van der Waals surface area contributed by atoms with Crippen molar-refractivity contribution in [3.63, 3.8) is 0 Å². The highest BCUT2D eigenvalue weighted by atomic mass is 16.5. The predicted molar refractivity (Wildman–Crippen MR) is 60.1 cm³/mol. The van der Waals surface area contributed by atoms with Crippen molar-refractivity contribution in [3.05, 3.63) is 17.5 Å². The smallest absolute Gasteiger partial charge is 0.236 e. The summed E-state index contributed by atoms with van der Waals surface area (Å²) in [6.07, 6.45) is 0.0759. The van der Waals surface area contributed by atoms with Gasteiger partial charge in [-0.1, -0.05) is 5.16 Å². The number of carbonyl (C=O) groups excluding carboxylic acids is 1. The van der Waals surface area contributed by atoms with Crippen LogP contribution >= 0.6 is 0 Å². The molecule has 1 aliphatic heterocycles. The Morgan fingerprint density at radius 1 is 1.71 bits per heavy atom. The zero-order valence-electron chi connectivity index (χ0n) is 9.80. The molecule has 0 radical (unpaired) electrons. The third kappa shape index (κ3) is 2.65. The molecule has 0 saturated carbocycles. The molecule has 17 heavy (non-hydrogen) atoms. The van der Waals surface area contributed by atoms with Gasteiger partial charge >= 0.3 is 0 Å². The molecular weight excluding hydrogens is 222 g/mol. The Labute approximate surface area is 99.4 Å². The minimum atomic E-state index is -0.518. The minimum absolute atomic E-state index is 0.00199. The molecule has 1 amide bonds. The zero-order valence-corrected chi connectivity index (χ0v) is 9.80. The average molecular weight is 239 g/mol. The first-order valence-electron chi connectivity index (χ1n) is 5.68. The number of hydrogen-bond donors (Lipinski definition) is 2. The lowest BCUT2D eigenvalue weighted by atomic mass is 10.0. The van der Waals surface area contributed by atoms with Crippen LogP contribution < -0.4 is 5.73 Å². The van der Waals surface area contributed by atoms with Crippen LogP contribution in [0, 0.1) is 12.8 Å². The number of β-amino-alcohol motifs (C(OH)–C–C–N with tert-alkyl or cyclic N) is 1. The number of rotatable bonds is 3. The predicted octanol–water partition coefficient (Wildman–Crippen LogP) is -0.696. The third-order valence-corrected chi connectivity index (χ3v) is 3.07. The van der Waals surface area contributed by atoms with Crippen LogP contribution in [0.1, 0.15) is 11.5 Å². The van der Waals surface area contributed by atoms with Crippen molar-refractivity contribution >= 4 is 5.91 Å². The van der Waals surface area contributed by atoms with Gasteiger partial charge in [-0.05, 0) is 6.92 Å². The molecule has 2 rings (SSSR count). The standard InChI is InChI=1S/C11H17N3O3/c1-7-2-9(17-13-7)3-8-5-14(6-10(8)15)11(16)4-12/h2,8,10,15H,3-6,12H2,1H3/t8-,10+/m1/s1. The minimum Gasteiger partial charge on any atom is -0.391 e. The summed E-state index contributed by atoms with van der Waals surface area (Å²) < 4.78 is 5.11. The maximum atomic E-state index is 11.4. The molecule has 6 nitrogen and oxygen atoms in total. The lowest BCUT2D eigenvalue weighted by molar-refractivity contribution is -0.129. The van der Waals surface area contributed by atoms with Crippen LogP contribution in [0.5, 0.6) is 0 Å². The van der Waals surface area contributed by atoms with Gasteiger partial charge in [0.1, 0.15) is 5.76 Å². The van der Waals surface area contributed by atoms with Crippen LogP contribution in [-0.4, -0.2) is 46.8 Å². The number of hydrogen-bond acceptors (Lipinski definition) is 5. The Kier molecular flexibility index (Phi) is 3.44. The lowest BCUT2D eigenvalue weighted by Crippen LogP contribution is -2.34. The monoisotopic (exact) mass is 239 g/mol. The molecule has 3 N–H and O–H groups in total. The highest BCUT2D eigenvalue weighted by molar-refractivity contribution is 5.78. The van der Waals surface area contributed by atoms with E-state index in [-0.39, 0.29) is 18.4 Å². The van der Waals surface area contributed by atoms with Crippen LogP contribution in [0.2, 0.25) is 0 Å². The number of aliphatic hydroxyl groups excluding tert-OH is 1. The van der Waals surface area contributed by atoms with Gasteiger partial charge in [-0.2, -0.15) is 0 Å². The molecule has 0 unspecified atom stereocenters. The van der Waals surface area contributed by atoms with Crippen molar-refractivity contribution in [3.8, 4) is 0 Å². The number of nitrogens with two attached hydrogens (primary N) is 1. The molecule has 1 saturated heterocycles. The van der Waals surface area contributed by atoms with Gasteiger partial charge in [-0.25, -0.2) is 0 Å². The summed E-state index contributed by atoms with van der Waals surface area (Å²) in [4.78, 5) is 13.0. The van der Waals surface area contributed by atoms with Crippen molar-refractivity contribution < 1.29 is 14.4 Å². The van der Waals surface area contributed by atoms with E-state index in [1.54, 1.807) is 4.90 Å². The second-order valence-corrected chi connectivity index (χ2v) is 4.47. The number of aromatic nitrogens is 1. The van der Waals surface area contributed by atoms with Crippen molar-refractivity contribution in [2.75, 3.05) is 19.6 Å². The highest BCUT2D eigenvalue weighted by Gasteiger charge is 2.34. The summed E-state index contributed by atoms with van der Waals surface area (Å²) >= 11 is 0. The number of aryl methyl sites for hydroxylation is 1. The fraction of sp³-hybridized carbons (Fsp3) is 0.636. The first-order valence-corrected chi connectivity index (χ1v) is 5.68. The summed E-state index contributed by atoms with van der Waals surface area (Å²) in [7, 11) is 0. The van der Waals surface area contributed by atoms with Crippen molar-refractivity contribution in [2.24, 2.45) is 11.7 Å². The Morgan fingerprint density at radius 3 is 3.06 bits per heavy atom. The van der Waals surface area contributed by atoms with E-state index in [1.807, 2.05) is 13.0 Å². The molecule has 1 aromatic heterocycles. The molecule has 0 aromatic carbocycles. The fourth-order valence-corrected chi connectivity index (χ4v) is 2.16. The number of nitrogens with zero attached hydrogens (tertiary/aromatic N) is 2. The van der Waals surface area contributed by atoms with Crippen LogP contribution in [0.3, 0.4) is 0 Å². The molecule has 0 spiro atoms. The van der Waals surface area contributed by atoms with E-state index in [0.717, 1.165) is 11.5 Å². The van der Waals surface area contributed by atoms with Crippen molar-refractivity contribution in [1.82, 2.24) is 10.1 Å². The first kappa shape index (κ1) is 12.1. The maximum Gasteiger partial charge on any atom is 0.236 e. The van der Waals surface area contributed by atoms with Gasteiger partial charge in [0.2, 0.25) is 5.91 Å². The Bertz CT molecular complexity index is 404. The molecule has 94 valence electrons. The number of carbonyl (C=O) groups is 1. The molecule has 2 atom stereocenters. The Hall–Kier alpha value is -1.40. The van der Waals surface area contributed by atoms with E-state index < -0.39 is 6.10 Å². The highest BCUT2D eigenvalue weighted by Crippen LogP contribution is 2.21. The molecular formula is C11H17N3O3. The summed E-state index contributed by atoms with van der Waals surface area (Å²) in [6, 6.07) is 1.85. The van der Waals surface area contributed by atoms with Crippen molar-refractivity contribution in [2.45, 2.75) is 19.4 Å². The summed E-state index contributed by atoms with van der Waals surface area (Å²) in [5, 5.41) is 13.7. The molecule has 1 aromatic rings. The first-order chi connectivity index (χ1) is 8.10. The fourth-order valence-electron chi connectivity index (χ4n) is 2.16. The topological polar surface area (TPSA) is 92.6 Å². The summed E-state index contributed by atoms with van der Waals surface area (Å²) in [6.45, 7) is 2.72. The van der Waals surface area contributed by atoms with E-state index in [4.69, 9.17) is 10.3 Å². The van der Waals surface area contributed by atoms with Gasteiger partial charge in [0, 0.05) is 31.5 Å². The van der Waals surface area contributed by atoms with E-state index in [2.05, 4.69) is 5.16 Å². The van der Waals surface area contributed by atoms with Crippen LogP contribution in [0.15, 0.2) is 10.6 Å². The Balaban J connectivity index is 1.96. The van der Waals surface area contributed by atoms with Crippen LogP contribution in [0.4, 0.5) is 0 Å². The van der Waals surface area contributed by atoms with Gasteiger partial charge < -0.3 is 20.3 Å². The van der Waals surface area contributed by atoms with Gasteiger partial charge in [0.25, 0.3) is 0 Å². The number of aliphatic hydroxyl groups is 1. The summed E-state index contributed by atoms with van der Waals surface area (Å²) in [5.74, 6) is 0.617. The molecule has 0 bridgehead atoms. The molecule has 0 aliphatic carbocycles. The van der Waals surface area contributed by atoms with Crippen LogP contribution in [-0.2, 0) is 11.2 Å². The summed E-state index contributed by atoms with van der Waals surface area (Å²) in [5.41, 5.74) is 6.12. The lowest BCUT2D eigenvalue weighted by Gasteiger charge is -2.14. The zero-order chi connectivity index (χ0) is 12.4. The molecule has 2 heterocycles. The Morgan fingerprint density at radius 2 is 2.47 bits per heavy atom. The van der Waals surface area contributed by atoms with Gasteiger partial charge in [0.05, 0.1) is 18.3 Å². The van der Waals surface area contributed by atoms with Gasteiger partial charge in [-0.15, -0.1) is 0 Å². The van der Waals surface area contributed by atoms with Gasteiger partial charge in [0.15, 0.2) is 0 Å². The normalized spacial score (nSPS) is 24.3. The average Bonchev–Trinajstić information content (AvgIpc) is 2.86. The number of likely N-dealkylation sites (tertiary alicyclic amines) is 1.